The van der Waals surface area contributed by atoms with Crippen LogP contribution < -0.4 is 5.32 Å². The lowest BCUT2D eigenvalue weighted by Crippen LogP contribution is -2.27. The minimum atomic E-state index is -1.02. The van der Waals surface area contributed by atoms with Gasteiger partial charge in [0.2, 0.25) is 5.91 Å². The van der Waals surface area contributed by atoms with Gasteiger partial charge < -0.3 is 10.4 Å². The smallest absolute Gasteiger partial charge is 0.355 e. The lowest BCUT2D eigenvalue weighted by Gasteiger charge is -2.15. The summed E-state index contributed by atoms with van der Waals surface area (Å²) in [4.78, 5) is 26.9. The summed E-state index contributed by atoms with van der Waals surface area (Å²) in [5, 5.41) is 14.0. The summed E-state index contributed by atoms with van der Waals surface area (Å²) in [7, 11) is 0. The van der Waals surface area contributed by atoms with Crippen LogP contribution in [0.15, 0.2) is 29.6 Å². The number of nitrogens with one attached hydrogen (secondary N) is 1. The highest BCUT2D eigenvalue weighted by molar-refractivity contribution is 7.09. The molecule has 0 spiro atoms. The zero-order valence-corrected chi connectivity index (χ0v) is 14.7. The van der Waals surface area contributed by atoms with Gasteiger partial charge in [0.1, 0.15) is 0 Å². The number of carboxylic acids is 1. The van der Waals surface area contributed by atoms with E-state index in [0.29, 0.717) is 19.4 Å². The first kappa shape index (κ1) is 18.1. The molecule has 2 N–H and O–H groups in total. The number of carboxylic acid groups (broad SMARTS) is 1. The van der Waals surface area contributed by atoms with Crippen molar-refractivity contribution >= 4 is 23.2 Å². The second-order valence-electron chi connectivity index (χ2n) is 5.75. The Balaban J connectivity index is 1.81. The molecular formula is C18H22N2O3S. The predicted octanol–water partition coefficient (Wildman–Crippen LogP) is 3.39. The third-order valence-corrected chi connectivity index (χ3v) is 4.81. The molecule has 0 radical (unpaired) electrons. The standard InChI is InChI=1S/C18H22N2O3S/c1-3-13(14-6-4-12(2)5-7-14)10-16(21)19-9-8-17-20-15(11-24-17)18(22)23/h4-7,11,13H,3,8-10H2,1-2H3,(H,19,21)(H,22,23). The highest BCUT2D eigenvalue weighted by Gasteiger charge is 2.14. The second kappa shape index (κ2) is 8.59. The summed E-state index contributed by atoms with van der Waals surface area (Å²) in [5.41, 5.74) is 2.46. The molecule has 0 fully saturated rings. The first-order valence-corrected chi connectivity index (χ1v) is 8.88. The van der Waals surface area contributed by atoms with E-state index in [-0.39, 0.29) is 17.5 Å². The quantitative estimate of drug-likeness (QED) is 0.768. The third-order valence-electron chi connectivity index (χ3n) is 3.91. The highest BCUT2D eigenvalue weighted by Crippen LogP contribution is 2.23. The number of nitrogens with zero attached hydrogens (tertiary/aromatic N) is 1. The van der Waals surface area contributed by atoms with Crippen molar-refractivity contribution in [3.63, 3.8) is 0 Å². The van der Waals surface area contributed by atoms with Crippen molar-refractivity contribution in [2.24, 2.45) is 0 Å². The Labute approximate surface area is 145 Å². The molecule has 6 heteroatoms. The first-order chi connectivity index (χ1) is 11.5. The number of carbonyl (C=O) groups is 2. The van der Waals surface area contributed by atoms with Gasteiger partial charge in [-0.15, -0.1) is 11.3 Å². The first-order valence-electron chi connectivity index (χ1n) is 8.00. The Kier molecular flexibility index (Phi) is 6.49. The van der Waals surface area contributed by atoms with Gasteiger partial charge in [-0.05, 0) is 24.8 Å². The number of benzene rings is 1. The highest BCUT2D eigenvalue weighted by atomic mass is 32.1. The van der Waals surface area contributed by atoms with Crippen LogP contribution in [0.1, 0.15) is 52.3 Å². The van der Waals surface area contributed by atoms with Crippen LogP contribution in [0.25, 0.3) is 0 Å². The van der Waals surface area contributed by atoms with Crippen molar-refractivity contribution in [3.05, 3.63) is 51.5 Å². The number of carbonyl (C=O) groups excluding carboxylic acids is 1. The number of hydrogen-bond acceptors (Lipinski definition) is 4. The summed E-state index contributed by atoms with van der Waals surface area (Å²) in [6.45, 7) is 4.60. The molecule has 1 atom stereocenters. The molecule has 0 aliphatic rings. The Morgan fingerprint density at radius 1 is 1.29 bits per heavy atom. The summed E-state index contributed by atoms with van der Waals surface area (Å²) in [5.74, 6) is -0.799. The number of aryl methyl sites for hydroxylation is 1. The summed E-state index contributed by atoms with van der Waals surface area (Å²) >= 11 is 1.30. The molecule has 5 nitrogen and oxygen atoms in total. The van der Waals surface area contributed by atoms with Gasteiger partial charge in [-0.25, -0.2) is 9.78 Å². The normalized spacial score (nSPS) is 11.9. The average Bonchev–Trinajstić information content (AvgIpc) is 3.03. The Bertz CT molecular complexity index is 695. The lowest BCUT2D eigenvalue weighted by atomic mass is 9.92. The Morgan fingerprint density at radius 2 is 2.00 bits per heavy atom. The second-order valence-corrected chi connectivity index (χ2v) is 6.69. The molecule has 1 amide bonds. The largest absolute Gasteiger partial charge is 0.476 e. The van der Waals surface area contributed by atoms with Gasteiger partial charge in [-0.3, -0.25) is 4.79 Å². The minimum absolute atomic E-state index is 0.0115. The molecule has 1 unspecified atom stereocenters. The van der Waals surface area contributed by atoms with Gasteiger partial charge >= 0.3 is 5.97 Å². The maximum absolute atomic E-state index is 12.1. The van der Waals surface area contributed by atoms with Gasteiger partial charge in [0, 0.05) is 24.8 Å². The number of rotatable bonds is 8. The summed E-state index contributed by atoms with van der Waals surface area (Å²) in [6.07, 6.45) is 1.91. The lowest BCUT2D eigenvalue weighted by molar-refractivity contribution is -0.121. The zero-order valence-electron chi connectivity index (χ0n) is 13.9. The fourth-order valence-corrected chi connectivity index (χ4v) is 3.24. The topological polar surface area (TPSA) is 79.3 Å². The molecule has 128 valence electrons. The van der Waals surface area contributed by atoms with E-state index in [1.54, 1.807) is 0 Å². The van der Waals surface area contributed by atoms with Crippen molar-refractivity contribution in [1.29, 1.82) is 0 Å². The van der Waals surface area contributed by atoms with Gasteiger partial charge in [0.25, 0.3) is 0 Å². The van der Waals surface area contributed by atoms with Crippen molar-refractivity contribution < 1.29 is 14.7 Å². The van der Waals surface area contributed by atoms with Crippen LogP contribution in [-0.2, 0) is 11.2 Å². The molecular weight excluding hydrogens is 324 g/mol. The molecule has 0 saturated heterocycles. The molecule has 1 aromatic heterocycles. The fourth-order valence-electron chi connectivity index (χ4n) is 2.47. The van der Waals surface area contributed by atoms with E-state index >= 15 is 0 Å². The monoisotopic (exact) mass is 346 g/mol. The van der Waals surface area contributed by atoms with E-state index in [1.165, 1.54) is 27.8 Å². The van der Waals surface area contributed by atoms with Crippen molar-refractivity contribution in [3.8, 4) is 0 Å². The van der Waals surface area contributed by atoms with Crippen molar-refractivity contribution in [1.82, 2.24) is 10.3 Å². The molecule has 0 aliphatic heterocycles. The van der Waals surface area contributed by atoms with Crippen LogP contribution in [0.5, 0.6) is 0 Å². The SMILES string of the molecule is CCC(CC(=O)NCCc1nc(C(=O)O)cs1)c1ccc(C)cc1. The summed E-state index contributed by atoms with van der Waals surface area (Å²) in [6, 6.07) is 8.30. The average molecular weight is 346 g/mol. The van der Waals surface area contributed by atoms with Gasteiger partial charge in [-0.2, -0.15) is 0 Å². The third kappa shape index (κ3) is 5.16. The van der Waals surface area contributed by atoms with E-state index < -0.39 is 5.97 Å². The van der Waals surface area contributed by atoms with Gasteiger partial charge in [0.05, 0.1) is 5.01 Å². The van der Waals surface area contributed by atoms with Crippen LogP contribution in [0, 0.1) is 6.92 Å². The van der Waals surface area contributed by atoms with Crippen LogP contribution in [0.4, 0.5) is 0 Å². The van der Waals surface area contributed by atoms with Gasteiger partial charge in [0.15, 0.2) is 5.69 Å². The maximum atomic E-state index is 12.1. The van der Waals surface area contributed by atoms with Crippen LogP contribution in [-0.4, -0.2) is 28.5 Å². The van der Waals surface area contributed by atoms with Crippen LogP contribution in [0.2, 0.25) is 0 Å². The maximum Gasteiger partial charge on any atom is 0.355 e. The molecule has 1 heterocycles. The van der Waals surface area contributed by atoms with Crippen LogP contribution in [0.3, 0.4) is 0 Å². The number of aromatic nitrogens is 1. The van der Waals surface area contributed by atoms with Gasteiger partial charge in [-0.1, -0.05) is 36.8 Å². The molecule has 1 aromatic carbocycles. The minimum Gasteiger partial charge on any atom is -0.476 e. The van der Waals surface area contributed by atoms with E-state index in [1.807, 2.05) is 6.92 Å². The van der Waals surface area contributed by atoms with E-state index in [9.17, 15) is 9.59 Å². The number of hydrogen-bond donors (Lipinski definition) is 2. The molecule has 0 aliphatic carbocycles. The Hall–Kier alpha value is -2.21. The van der Waals surface area contributed by atoms with E-state index in [0.717, 1.165) is 11.4 Å². The molecule has 24 heavy (non-hydrogen) atoms. The number of aromatic carboxylic acids is 1. The molecule has 0 saturated carbocycles. The van der Waals surface area contributed by atoms with E-state index in [2.05, 4.69) is 41.5 Å². The number of thiazole rings is 1. The number of amides is 1. The van der Waals surface area contributed by atoms with Crippen molar-refractivity contribution in [2.75, 3.05) is 6.54 Å². The summed E-state index contributed by atoms with van der Waals surface area (Å²) < 4.78 is 0. The van der Waals surface area contributed by atoms with Crippen molar-refractivity contribution in [2.45, 2.75) is 39.0 Å². The van der Waals surface area contributed by atoms with Crippen LogP contribution >= 0.6 is 11.3 Å². The predicted molar refractivity (Wildman–Crippen MR) is 94.6 cm³/mol. The molecule has 2 rings (SSSR count). The molecule has 2 aromatic rings. The molecule has 0 bridgehead atoms. The zero-order chi connectivity index (χ0) is 17.5. The van der Waals surface area contributed by atoms with E-state index in [4.69, 9.17) is 5.11 Å². The Morgan fingerprint density at radius 3 is 2.58 bits per heavy atom. The fraction of sp³-hybridized carbons (Fsp3) is 0.389.